The number of hydrogen-bond acceptors (Lipinski definition) is 3. The van der Waals surface area contributed by atoms with Gasteiger partial charge in [0.2, 0.25) is 0 Å². The molecule has 1 saturated carbocycles. The van der Waals surface area contributed by atoms with Crippen molar-refractivity contribution in [3.05, 3.63) is 29.8 Å². The highest BCUT2D eigenvalue weighted by atomic mass is 19.4. The lowest BCUT2D eigenvalue weighted by molar-refractivity contribution is -0.274. The van der Waals surface area contributed by atoms with Crippen molar-refractivity contribution in [3.8, 4) is 5.75 Å². The van der Waals surface area contributed by atoms with E-state index >= 15 is 0 Å². The van der Waals surface area contributed by atoms with E-state index in [0.29, 0.717) is 36.8 Å². The van der Waals surface area contributed by atoms with E-state index in [1.165, 1.54) is 12.1 Å². The van der Waals surface area contributed by atoms with E-state index < -0.39 is 12.0 Å². The van der Waals surface area contributed by atoms with Crippen LogP contribution in [0.5, 0.6) is 5.75 Å². The number of alkyl halides is 3. The van der Waals surface area contributed by atoms with Gasteiger partial charge in [-0.25, -0.2) is 0 Å². The van der Waals surface area contributed by atoms with E-state index in [1.54, 1.807) is 6.07 Å². The third kappa shape index (κ3) is 7.82. The molecule has 1 fully saturated rings. The zero-order chi connectivity index (χ0) is 21.7. The second-order valence-corrected chi connectivity index (χ2v) is 9.34. The second kappa shape index (κ2) is 10.2. The summed E-state index contributed by atoms with van der Waals surface area (Å²) < 4.78 is 42.3. The lowest BCUT2D eigenvalue weighted by atomic mass is 9.72. The molecule has 0 aromatic heterocycles. The lowest BCUT2D eigenvalue weighted by Gasteiger charge is -2.42. The minimum atomic E-state index is -4.73. The first-order valence-corrected chi connectivity index (χ1v) is 10.8. The van der Waals surface area contributed by atoms with Gasteiger partial charge in [0.15, 0.2) is 0 Å². The Morgan fingerprint density at radius 3 is 2.10 bits per heavy atom. The summed E-state index contributed by atoms with van der Waals surface area (Å²) in [6, 6.07) is 6.18. The number of nitrogens with zero attached hydrogens (tertiary/aromatic N) is 1. The summed E-state index contributed by atoms with van der Waals surface area (Å²) in [5, 5.41) is 11.5. The van der Waals surface area contributed by atoms with Crippen molar-refractivity contribution in [1.82, 2.24) is 4.90 Å². The molecule has 0 unspecified atom stereocenters. The molecular weight excluding hydrogens is 379 g/mol. The SMILES string of the molecule is CC(C)CN(CC(C)C)C[C@H](c1cccc(OC(F)(F)F)c1)C1(O)CCCCC1. The second-order valence-electron chi connectivity index (χ2n) is 9.34. The fraction of sp³-hybridized carbons (Fsp3) is 0.739. The quantitative estimate of drug-likeness (QED) is 0.539. The summed E-state index contributed by atoms with van der Waals surface area (Å²) in [4.78, 5) is 2.35. The van der Waals surface area contributed by atoms with Crippen LogP contribution >= 0.6 is 0 Å². The Morgan fingerprint density at radius 1 is 1.00 bits per heavy atom. The predicted molar refractivity (Wildman–Crippen MR) is 110 cm³/mol. The number of hydrogen-bond donors (Lipinski definition) is 1. The third-order valence-corrected chi connectivity index (χ3v) is 5.55. The van der Waals surface area contributed by atoms with Crippen LogP contribution in [0.4, 0.5) is 13.2 Å². The van der Waals surface area contributed by atoms with E-state index in [9.17, 15) is 18.3 Å². The Balaban J connectivity index is 2.35. The van der Waals surface area contributed by atoms with Gasteiger partial charge in [0.1, 0.15) is 5.75 Å². The highest BCUT2D eigenvalue weighted by Crippen LogP contribution is 2.41. The predicted octanol–water partition coefficient (Wildman–Crippen LogP) is 5.98. The van der Waals surface area contributed by atoms with Crippen LogP contribution in [-0.4, -0.2) is 41.6 Å². The summed E-state index contributed by atoms with van der Waals surface area (Å²) >= 11 is 0. The fourth-order valence-corrected chi connectivity index (χ4v) is 4.54. The van der Waals surface area contributed by atoms with Crippen LogP contribution in [0.25, 0.3) is 0 Å². The monoisotopic (exact) mass is 415 g/mol. The molecular formula is C23H36F3NO2. The smallest absolute Gasteiger partial charge is 0.406 e. The molecule has 1 aliphatic rings. The number of rotatable bonds is 9. The molecule has 0 amide bonds. The van der Waals surface area contributed by atoms with Gasteiger partial charge in [-0.1, -0.05) is 59.1 Å². The molecule has 0 spiro atoms. The van der Waals surface area contributed by atoms with Gasteiger partial charge < -0.3 is 14.7 Å². The first-order valence-electron chi connectivity index (χ1n) is 10.8. The summed E-state index contributed by atoms with van der Waals surface area (Å²) in [6.07, 6.45) is -0.385. The summed E-state index contributed by atoms with van der Waals surface area (Å²) in [7, 11) is 0. The van der Waals surface area contributed by atoms with Crippen LogP contribution in [-0.2, 0) is 0 Å². The van der Waals surface area contributed by atoms with Gasteiger partial charge in [-0.3, -0.25) is 0 Å². The van der Waals surface area contributed by atoms with Gasteiger partial charge in [-0.2, -0.15) is 0 Å². The fourth-order valence-electron chi connectivity index (χ4n) is 4.54. The lowest BCUT2D eigenvalue weighted by Crippen LogP contribution is -2.45. The van der Waals surface area contributed by atoms with Crippen molar-refractivity contribution in [2.75, 3.05) is 19.6 Å². The molecule has 0 bridgehead atoms. The van der Waals surface area contributed by atoms with Crippen molar-refractivity contribution in [2.45, 2.75) is 77.7 Å². The van der Waals surface area contributed by atoms with Crippen molar-refractivity contribution >= 4 is 0 Å². The normalized spacial score (nSPS) is 18.4. The van der Waals surface area contributed by atoms with Crippen LogP contribution < -0.4 is 4.74 Å². The topological polar surface area (TPSA) is 32.7 Å². The highest BCUT2D eigenvalue weighted by Gasteiger charge is 2.40. The molecule has 1 aliphatic carbocycles. The molecule has 1 N–H and O–H groups in total. The zero-order valence-electron chi connectivity index (χ0n) is 18.1. The molecule has 1 aromatic rings. The van der Waals surface area contributed by atoms with Crippen LogP contribution in [0.15, 0.2) is 24.3 Å². The maximum absolute atomic E-state index is 12.7. The summed E-state index contributed by atoms with van der Waals surface area (Å²) in [5.41, 5.74) is -0.185. The van der Waals surface area contributed by atoms with Gasteiger partial charge in [-0.05, 0) is 42.4 Å². The standard InChI is InChI=1S/C23H36F3NO2/c1-17(2)14-27(15-18(3)4)16-21(22(28)11-6-5-7-12-22)19-9-8-10-20(13-19)29-23(24,25)26/h8-10,13,17-18,21,28H,5-7,11-12,14-16H2,1-4H3/t21-/m1/s1. The molecule has 0 heterocycles. The maximum Gasteiger partial charge on any atom is 0.573 e. The van der Waals surface area contributed by atoms with E-state index in [2.05, 4.69) is 37.3 Å². The van der Waals surface area contributed by atoms with Crippen molar-refractivity contribution in [1.29, 1.82) is 0 Å². The number of ether oxygens (including phenoxy) is 1. The molecule has 6 heteroatoms. The third-order valence-electron chi connectivity index (χ3n) is 5.55. The Bertz CT molecular complexity index is 615. The van der Waals surface area contributed by atoms with Crippen LogP contribution in [0.1, 0.15) is 71.3 Å². The molecule has 0 radical (unpaired) electrons. The minimum Gasteiger partial charge on any atom is -0.406 e. The maximum atomic E-state index is 12.7. The molecule has 29 heavy (non-hydrogen) atoms. The average molecular weight is 416 g/mol. The molecule has 3 nitrogen and oxygen atoms in total. The van der Waals surface area contributed by atoms with E-state index in [1.807, 2.05) is 6.07 Å². The molecule has 2 rings (SSSR count). The molecule has 166 valence electrons. The van der Waals surface area contributed by atoms with Gasteiger partial charge >= 0.3 is 6.36 Å². The summed E-state index contributed by atoms with van der Waals surface area (Å²) in [6.45, 7) is 11.1. The molecule has 0 aliphatic heterocycles. The van der Waals surface area contributed by atoms with Gasteiger partial charge in [0.25, 0.3) is 0 Å². The number of halogens is 3. The van der Waals surface area contributed by atoms with Crippen molar-refractivity contribution in [3.63, 3.8) is 0 Å². The molecule has 1 aromatic carbocycles. The van der Waals surface area contributed by atoms with Crippen LogP contribution in [0.2, 0.25) is 0 Å². The van der Waals surface area contributed by atoms with E-state index in [0.717, 1.165) is 32.4 Å². The van der Waals surface area contributed by atoms with Crippen molar-refractivity contribution in [2.24, 2.45) is 11.8 Å². The Labute approximate surface area is 173 Å². The zero-order valence-corrected chi connectivity index (χ0v) is 18.1. The van der Waals surface area contributed by atoms with Crippen LogP contribution in [0, 0.1) is 11.8 Å². The van der Waals surface area contributed by atoms with Gasteiger partial charge in [-0.15, -0.1) is 13.2 Å². The largest absolute Gasteiger partial charge is 0.573 e. The number of benzene rings is 1. The Hall–Kier alpha value is -1.27. The van der Waals surface area contributed by atoms with E-state index in [-0.39, 0.29) is 11.7 Å². The summed E-state index contributed by atoms with van der Waals surface area (Å²) in [5.74, 6) is 0.460. The first-order chi connectivity index (χ1) is 13.5. The van der Waals surface area contributed by atoms with Gasteiger partial charge in [0, 0.05) is 25.6 Å². The molecule has 1 atom stereocenters. The Kier molecular flexibility index (Phi) is 8.41. The average Bonchev–Trinajstić information content (AvgIpc) is 2.57. The first kappa shape index (κ1) is 24.0. The highest BCUT2D eigenvalue weighted by molar-refractivity contribution is 5.33. The Morgan fingerprint density at radius 2 is 1.59 bits per heavy atom. The van der Waals surface area contributed by atoms with E-state index in [4.69, 9.17) is 0 Å². The van der Waals surface area contributed by atoms with Crippen LogP contribution in [0.3, 0.4) is 0 Å². The number of aliphatic hydroxyl groups is 1. The minimum absolute atomic E-state index is 0.223. The molecule has 0 saturated heterocycles. The van der Waals surface area contributed by atoms with Gasteiger partial charge in [0.05, 0.1) is 5.60 Å². The van der Waals surface area contributed by atoms with Crippen molar-refractivity contribution < 1.29 is 23.0 Å².